The van der Waals surface area contributed by atoms with E-state index in [1.807, 2.05) is 24.3 Å². The number of rotatable bonds is 7. The van der Waals surface area contributed by atoms with E-state index >= 15 is 0 Å². The zero-order valence-electron chi connectivity index (χ0n) is 14.1. The Labute approximate surface area is 146 Å². The molecule has 1 saturated heterocycles. The smallest absolute Gasteiger partial charge is 0.270 e. The monoisotopic (exact) mass is 345 g/mol. The average Bonchev–Trinajstić information content (AvgIpc) is 3.11. The summed E-state index contributed by atoms with van der Waals surface area (Å²) in [6, 6.07) is 7.30. The van der Waals surface area contributed by atoms with Gasteiger partial charge in [0.15, 0.2) is 5.69 Å². The summed E-state index contributed by atoms with van der Waals surface area (Å²) in [6.07, 6.45) is 4.92. The van der Waals surface area contributed by atoms with Crippen molar-refractivity contribution in [3.05, 3.63) is 36.2 Å². The fraction of sp³-hybridized carbons (Fsp3) is 0.444. The lowest BCUT2D eigenvalue weighted by atomic mass is 10.1. The van der Waals surface area contributed by atoms with Crippen molar-refractivity contribution in [1.82, 2.24) is 9.88 Å². The third kappa shape index (κ3) is 4.58. The molecule has 1 fully saturated rings. The van der Waals surface area contributed by atoms with Gasteiger partial charge in [-0.1, -0.05) is 0 Å². The molecule has 0 spiro atoms. The Morgan fingerprint density at radius 3 is 2.84 bits per heavy atom. The standard InChI is InChI=1S/C18H23N3O4/c19-17(23)15-12-25-18(20-15)13-5-7-14(8-6-13)24-11-3-10-21-9-2-1-4-16(21)22/h5-8,12,16,22H,1-4,9-11H2,(H2,19,23). The number of carbonyl (C=O) groups is 1. The van der Waals surface area contributed by atoms with Crippen molar-refractivity contribution in [2.24, 2.45) is 5.73 Å². The molecule has 0 saturated carbocycles. The van der Waals surface area contributed by atoms with Crippen molar-refractivity contribution in [3.8, 4) is 17.2 Å². The zero-order chi connectivity index (χ0) is 17.6. The number of carbonyl (C=O) groups excluding carboxylic acids is 1. The molecule has 1 aromatic heterocycles. The van der Waals surface area contributed by atoms with Crippen LogP contribution in [0.3, 0.4) is 0 Å². The Hall–Kier alpha value is -2.38. The van der Waals surface area contributed by atoms with E-state index in [-0.39, 0.29) is 11.9 Å². The Bertz CT molecular complexity index is 699. The van der Waals surface area contributed by atoms with Crippen LogP contribution in [0, 0.1) is 0 Å². The number of hydrogen-bond acceptors (Lipinski definition) is 6. The van der Waals surface area contributed by atoms with Gasteiger partial charge in [0.2, 0.25) is 5.89 Å². The van der Waals surface area contributed by atoms with Crippen molar-refractivity contribution in [3.63, 3.8) is 0 Å². The molecule has 134 valence electrons. The first-order valence-electron chi connectivity index (χ1n) is 8.54. The van der Waals surface area contributed by atoms with E-state index < -0.39 is 5.91 Å². The Kier molecular flexibility index (Phi) is 5.67. The van der Waals surface area contributed by atoms with Gasteiger partial charge in [-0.25, -0.2) is 4.98 Å². The minimum atomic E-state index is -0.617. The molecule has 7 heteroatoms. The van der Waals surface area contributed by atoms with Gasteiger partial charge >= 0.3 is 0 Å². The first kappa shape index (κ1) is 17.4. The summed E-state index contributed by atoms with van der Waals surface area (Å²) in [4.78, 5) is 17.2. The highest BCUT2D eigenvalue weighted by atomic mass is 16.5. The second-order valence-electron chi connectivity index (χ2n) is 6.14. The topological polar surface area (TPSA) is 102 Å². The van der Waals surface area contributed by atoms with E-state index in [9.17, 15) is 9.90 Å². The maximum absolute atomic E-state index is 11.0. The van der Waals surface area contributed by atoms with Gasteiger partial charge in [-0.15, -0.1) is 0 Å². The lowest BCUT2D eigenvalue weighted by molar-refractivity contribution is -0.0254. The molecule has 1 amide bonds. The molecular formula is C18H23N3O4. The average molecular weight is 345 g/mol. The van der Waals surface area contributed by atoms with Gasteiger partial charge in [-0.3, -0.25) is 9.69 Å². The van der Waals surface area contributed by atoms with E-state index in [0.29, 0.717) is 12.5 Å². The predicted octanol–water partition coefficient (Wildman–Crippen LogP) is 2.01. The summed E-state index contributed by atoms with van der Waals surface area (Å²) in [5.41, 5.74) is 6.01. The van der Waals surface area contributed by atoms with Crippen molar-refractivity contribution < 1.29 is 19.1 Å². The minimum absolute atomic E-state index is 0.107. The largest absolute Gasteiger partial charge is 0.494 e. The molecule has 0 bridgehead atoms. The van der Waals surface area contributed by atoms with Crippen LogP contribution in [0.1, 0.15) is 36.2 Å². The molecule has 3 N–H and O–H groups in total. The Morgan fingerprint density at radius 2 is 2.16 bits per heavy atom. The van der Waals surface area contributed by atoms with Crippen LogP contribution in [0.15, 0.2) is 34.9 Å². The number of likely N-dealkylation sites (tertiary alicyclic amines) is 1. The van der Waals surface area contributed by atoms with Crippen molar-refractivity contribution in [1.29, 1.82) is 0 Å². The van der Waals surface area contributed by atoms with Gasteiger partial charge in [-0.05, 0) is 49.9 Å². The molecule has 7 nitrogen and oxygen atoms in total. The van der Waals surface area contributed by atoms with Crippen LogP contribution in [0.5, 0.6) is 5.75 Å². The van der Waals surface area contributed by atoms with Gasteiger partial charge in [0, 0.05) is 18.7 Å². The van der Waals surface area contributed by atoms with E-state index in [1.165, 1.54) is 6.26 Å². The number of amides is 1. The number of aliphatic hydroxyl groups is 1. The Balaban J connectivity index is 1.46. The van der Waals surface area contributed by atoms with Gasteiger partial charge in [0.25, 0.3) is 5.91 Å². The number of nitrogens with two attached hydrogens (primary N) is 1. The highest BCUT2D eigenvalue weighted by Crippen LogP contribution is 2.22. The van der Waals surface area contributed by atoms with Gasteiger partial charge < -0.3 is 20.0 Å². The molecule has 2 heterocycles. The summed E-state index contributed by atoms with van der Waals surface area (Å²) in [5, 5.41) is 9.90. The van der Waals surface area contributed by atoms with E-state index in [1.54, 1.807) is 0 Å². The molecule has 1 atom stereocenters. The normalized spacial score (nSPS) is 18.2. The van der Waals surface area contributed by atoms with Crippen molar-refractivity contribution in [2.75, 3.05) is 19.7 Å². The molecule has 1 unspecified atom stereocenters. The number of aliphatic hydroxyl groups excluding tert-OH is 1. The molecule has 25 heavy (non-hydrogen) atoms. The third-order valence-corrected chi connectivity index (χ3v) is 4.30. The molecule has 2 aromatic rings. The summed E-state index contributed by atoms with van der Waals surface area (Å²) in [7, 11) is 0. The number of benzene rings is 1. The van der Waals surface area contributed by atoms with E-state index in [4.69, 9.17) is 14.9 Å². The number of aromatic nitrogens is 1. The maximum Gasteiger partial charge on any atom is 0.270 e. The van der Waals surface area contributed by atoms with Gasteiger partial charge in [0.1, 0.15) is 18.2 Å². The zero-order valence-corrected chi connectivity index (χ0v) is 14.1. The minimum Gasteiger partial charge on any atom is -0.494 e. The summed E-state index contributed by atoms with van der Waals surface area (Å²) in [5.74, 6) is 0.484. The lowest BCUT2D eigenvalue weighted by Crippen LogP contribution is -2.40. The van der Waals surface area contributed by atoms with Crippen LogP contribution in [-0.2, 0) is 0 Å². The SMILES string of the molecule is NC(=O)c1coc(-c2ccc(OCCCN3CCCCC3O)cc2)n1. The van der Waals surface area contributed by atoms with Gasteiger partial charge in [-0.2, -0.15) is 0 Å². The first-order chi connectivity index (χ1) is 12.1. The molecule has 1 aliphatic heterocycles. The van der Waals surface area contributed by atoms with Crippen LogP contribution >= 0.6 is 0 Å². The molecule has 1 aliphatic rings. The van der Waals surface area contributed by atoms with Crippen LogP contribution < -0.4 is 10.5 Å². The van der Waals surface area contributed by atoms with Crippen LogP contribution in [-0.4, -0.2) is 46.8 Å². The molecule has 0 aliphatic carbocycles. The number of ether oxygens (including phenoxy) is 1. The van der Waals surface area contributed by atoms with Crippen molar-refractivity contribution in [2.45, 2.75) is 31.9 Å². The summed E-state index contributed by atoms with van der Waals surface area (Å²) in [6.45, 7) is 2.39. The van der Waals surface area contributed by atoms with Crippen molar-refractivity contribution >= 4 is 5.91 Å². The number of piperidine rings is 1. The summed E-state index contributed by atoms with van der Waals surface area (Å²) >= 11 is 0. The predicted molar refractivity (Wildman–Crippen MR) is 92.0 cm³/mol. The van der Waals surface area contributed by atoms with E-state index in [2.05, 4.69) is 9.88 Å². The van der Waals surface area contributed by atoms with Crippen LogP contribution in [0.25, 0.3) is 11.5 Å². The second-order valence-corrected chi connectivity index (χ2v) is 6.14. The van der Waals surface area contributed by atoms with E-state index in [0.717, 1.165) is 50.1 Å². The fourth-order valence-electron chi connectivity index (χ4n) is 2.91. The molecule has 1 aromatic carbocycles. The second kappa shape index (κ2) is 8.13. The Morgan fingerprint density at radius 1 is 1.36 bits per heavy atom. The quantitative estimate of drug-likeness (QED) is 0.744. The number of oxazole rings is 1. The van der Waals surface area contributed by atoms with Gasteiger partial charge in [0.05, 0.1) is 6.61 Å². The highest BCUT2D eigenvalue weighted by molar-refractivity contribution is 5.90. The molecule has 3 rings (SSSR count). The maximum atomic E-state index is 11.0. The number of primary amides is 1. The third-order valence-electron chi connectivity index (χ3n) is 4.30. The molecular weight excluding hydrogens is 322 g/mol. The first-order valence-corrected chi connectivity index (χ1v) is 8.54. The fourth-order valence-corrected chi connectivity index (χ4v) is 2.91. The van der Waals surface area contributed by atoms with Crippen LogP contribution in [0.4, 0.5) is 0 Å². The summed E-state index contributed by atoms with van der Waals surface area (Å²) < 4.78 is 11.0. The van der Waals surface area contributed by atoms with Crippen LogP contribution in [0.2, 0.25) is 0 Å². The molecule has 0 radical (unpaired) electrons. The number of nitrogens with zero attached hydrogens (tertiary/aromatic N) is 2. The highest BCUT2D eigenvalue weighted by Gasteiger charge is 2.18. The number of hydrogen-bond donors (Lipinski definition) is 2. The lowest BCUT2D eigenvalue weighted by Gasteiger charge is -2.31.